The molecule has 0 aromatic carbocycles. The maximum absolute atomic E-state index is 12.2. The van der Waals surface area contributed by atoms with Gasteiger partial charge in [-0.1, -0.05) is 13.8 Å². The number of aliphatic hydroxyl groups excluding tert-OH is 5. The van der Waals surface area contributed by atoms with Gasteiger partial charge in [-0.25, -0.2) is 9.59 Å². The number of ether oxygens (including phenoxy) is 4. The molecule has 2 fully saturated rings. The summed E-state index contributed by atoms with van der Waals surface area (Å²) >= 11 is 0. The van der Waals surface area contributed by atoms with Crippen LogP contribution in [0, 0.1) is 5.92 Å². The fourth-order valence-electron chi connectivity index (χ4n) is 3.91. The lowest BCUT2D eigenvalue weighted by Crippen LogP contribution is -2.61. The number of carboxylic acids is 2. The van der Waals surface area contributed by atoms with E-state index in [1.807, 2.05) is 0 Å². The third-order valence-corrected chi connectivity index (χ3v) is 5.57. The molecule has 0 aliphatic carbocycles. The van der Waals surface area contributed by atoms with Crippen molar-refractivity contribution in [1.29, 1.82) is 0 Å². The summed E-state index contributed by atoms with van der Waals surface area (Å²) < 4.78 is 22.3. The standard InChI is InChI=1S/C20H34O13/c1-10(2)9-30-19(17(26)27)6-12(4-16(32-19)14(25)8-22)31-20(18(28)29)5-11(23)3-15(33-20)13(24)7-21/h10-16,21-25H,3-9H2,1-2H3,(H,26,27)(H,28,29)/t11-,12-,13+,14+,15?,16?,19+,20+/m0/s1. The van der Waals surface area contributed by atoms with Crippen LogP contribution in [0.4, 0.5) is 0 Å². The van der Waals surface area contributed by atoms with Gasteiger partial charge in [-0.05, 0) is 5.92 Å². The molecule has 33 heavy (non-hydrogen) atoms. The van der Waals surface area contributed by atoms with Crippen molar-refractivity contribution in [2.24, 2.45) is 5.92 Å². The van der Waals surface area contributed by atoms with E-state index in [9.17, 15) is 45.3 Å². The molecule has 0 aromatic heterocycles. The molecule has 0 bridgehead atoms. The van der Waals surface area contributed by atoms with Crippen LogP contribution in [0.5, 0.6) is 0 Å². The van der Waals surface area contributed by atoms with E-state index < -0.39 is 86.2 Å². The molecule has 0 saturated carbocycles. The molecule has 0 amide bonds. The van der Waals surface area contributed by atoms with Crippen LogP contribution in [0.2, 0.25) is 0 Å². The van der Waals surface area contributed by atoms with Gasteiger partial charge in [0.15, 0.2) is 0 Å². The van der Waals surface area contributed by atoms with Crippen LogP contribution in [0.15, 0.2) is 0 Å². The van der Waals surface area contributed by atoms with Crippen molar-refractivity contribution in [2.75, 3.05) is 19.8 Å². The minimum absolute atomic E-state index is 0.0367. The largest absolute Gasteiger partial charge is 0.477 e. The quantitative estimate of drug-likeness (QED) is 0.170. The van der Waals surface area contributed by atoms with Crippen LogP contribution in [0.25, 0.3) is 0 Å². The van der Waals surface area contributed by atoms with Crippen LogP contribution >= 0.6 is 0 Å². The van der Waals surface area contributed by atoms with E-state index in [4.69, 9.17) is 18.9 Å². The number of aliphatic carboxylic acids is 2. The zero-order valence-electron chi connectivity index (χ0n) is 18.6. The summed E-state index contributed by atoms with van der Waals surface area (Å²) in [4.78, 5) is 24.3. The Morgan fingerprint density at radius 1 is 0.939 bits per heavy atom. The number of aliphatic hydroxyl groups is 5. The van der Waals surface area contributed by atoms with E-state index in [2.05, 4.69) is 0 Å². The molecule has 192 valence electrons. The summed E-state index contributed by atoms with van der Waals surface area (Å²) in [6.45, 7) is 2.00. The van der Waals surface area contributed by atoms with Gasteiger partial charge in [0.05, 0.1) is 44.2 Å². The molecule has 2 aliphatic heterocycles. The Morgan fingerprint density at radius 3 is 1.94 bits per heavy atom. The SMILES string of the molecule is CC(C)CO[C@]1(C(=O)O)C[C@@H](O[C@]2(C(=O)O)C[C@@H](O)CC([C@H](O)CO)O2)CC([C@H](O)CO)O1. The molecule has 13 heteroatoms. The lowest BCUT2D eigenvalue weighted by molar-refractivity contribution is -0.349. The Balaban J connectivity index is 2.37. The predicted octanol–water partition coefficient (Wildman–Crippen LogP) is -1.97. The molecule has 13 nitrogen and oxygen atoms in total. The highest BCUT2D eigenvalue weighted by atomic mass is 16.7. The van der Waals surface area contributed by atoms with Gasteiger partial charge < -0.3 is 54.7 Å². The topological polar surface area (TPSA) is 213 Å². The average molecular weight is 482 g/mol. The first kappa shape index (κ1) is 27.8. The van der Waals surface area contributed by atoms with E-state index in [1.54, 1.807) is 13.8 Å². The second-order valence-corrected chi connectivity index (χ2v) is 8.91. The van der Waals surface area contributed by atoms with Gasteiger partial charge in [0.25, 0.3) is 11.6 Å². The molecule has 8 atom stereocenters. The van der Waals surface area contributed by atoms with E-state index in [0.29, 0.717) is 0 Å². The molecule has 7 N–H and O–H groups in total. The molecule has 0 spiro atoms. The lowest BCUT2D eigenvalue weighted by Gasteiger charge is -2.47. The first-order valence-electron chi connectivity index (χ1n) is 10.8. The Morgan fingerprint density at radius 2 is 1.45 bits per heavy atom. The lowest BCUT2D eigenvalue weighted by atomic mass is 9.92. The van der Waals surface area contributed by atoms with Gasteiger partial charge in [0.1, 0.15) is 12.2 Å². The number of carbonyl (C=O) groups is 2. The Bertz CT molecular complexity index is 672. The van der Waals surface area contributed by atoms with Crippen molar-refractivity contribution in [3.05, 3.63) is 0 Å². The highest BCUT2D eigenvalue weighted by Gasteiger charge is 2.56. The fraction of sp³-hybridized carbons (Fsp3) is 0.900. The van der Waals surface area contributed by atoms with Crippen molar-refractivity contribution >= 4 is 11.9 Å². The average Bonchev–Trinajstić information content (AvgIpc) is 2.75. The van der Waals surface area contributed by atoms with E-state index in [1.165, 1.54) is 0 Å². The predicted molar refractivity (Wildman–Crippen MR) is 107 cm³/mol. The Hall–Kier alpha value is -1.42. The van der Waals surface area contributed by atoms with E-state index in [0.717, 1.165) is 0 Å². The zero-order valence-corrected chi connectivity index (χ0v) is 18.6. The molecular weight excluding hydrogens is 448 g/mol. The fourth-order valence-corrected chi connectivity index (χ4v) is 3.91. The van der Waals surface area contributed by atoms with E-state index >= 15 is 0 Å². The van der Waals surface area contributed by atoms with Crippen molar-refractivity contribution in [2.45, 2.75) is 87.7 Å². The number of carboxylic acid groups (broad SMARTS) is 2. The van der Waals surface area contributed by atoms with Gasteiger partial charge in [-0.3, -0.25) is 0 Å². The van der Waals surface area contributed by atoms with Gasteiger partial charge in [0.2, 0.25) is 0 Å². The van der Waals surface area contributed by atoms with Gasteiger partial charge in [-0.2, -0.15) is 0 Å². The van der Waals surface area contributed by atoms with Crippen LogP contribution in [-0.4, -0.2) is 116 Å². The van der Waals surface area contributed by atoms with Gasteiger partial charge in [-0.15, -0.1) is 0 Å². The van der Waals surface area contributed by atoms with Gasteiger partial charge in [0, 0.05) is 25.7 Å². The monoisotopic (exact) mass is 482 g/mol. The van der Waals surface area contributed by atoms with Crippen LogP contribution < -0.4 is 0 Å². The smallest absolute Gasteiger partial charge is 0.364 e. The third-order valence-electron chi connectivity index (χ3n) is 5.57. The number of hydrogen-bond donors (Lipinski definition) is 7. The molecule has 2 heterocycles. The maximum Gasteiger partial charge on any atom is 0.364 e. The summed E-state index contributed by atoms with van der Waals surface area (Å²) in [6.07, 6.45) is -9.43. The highest BCUT2D eigenvalue weighted by Crippen LogP contribution is 2.39. The highest BCUT2D eigenvalue weighted by molar-refractivity contribution is 5.77. The van der Waals surface area contributed by atoms with Crippen molar-refractivity contribution < 1.29 is 64.3 Å². The first-order chi connectivity index (χ1) is 15.4. The number of rotatable bonds is 11. The van der Waals surface area contributed by atoms with Gasteiger partial charge >= 0.3 is 11.9 Å². The normalized spacial score (nSPS) is 37.0. The molecular formula is C20H34O13. The molecule has 2 aliphatic rings. The summed E-state index contributed by atoms with van der Waals surface area (Å²) in [5.41, 5.74) is 0. The second kappa shape index (κ2) is 11.3. The first-order valence-corrected chi connectivity index (χ1v) is 10.8. The van der Waals surface area contributed by atoms with E-state index in [-0.39, 0.29) is 25.4 Å². The summed E-state index contributed by atoms with van der Waals surface area (Å²) in [7, 11) is 0. The Labute approximate surface area is 190 Å². The molecule has 0 radical (unpaired) electrons. The van der Waals surface area contributed by atoms with Crippen LogP contribution in [0.1, 0.15) is 39.5 Å². The Kier molecular flexibility index (Phi) is 9.56. The van der Waals surface area contributed by atoms with Crippen LogP contribution in [-0.2, 0) is 28.5 Å². The molecule has 2 saturated heterocycles. The zero-order chi connectivity index (χ0) is 25.0. The second-order valence-electron chi connectivity index (χ2n) is 8.91. The summed E-state index contributed by atoms with van der Waals surface area (Å²) in [5, 5.41) is 68.6. The molecule has 2 unspecified atom stereocenters. The summed E-state index contributed by atoms with van der Waals surface area (Å²) in [5.74, 6) is -8.03. The molecule has 2 rings (SSSR count). The van der Waals surface area contributed by atoms with Crippen LogP contribution in [0.3, 0.4) is 0 Å². The van der Waals surface area contributed by atoms with Crippen molar-refractivity contribution in [3.8, 4) is 0 Å². The summed E-state index contributed by atoms with van der Waals surface area (Å²) in [6, 6.07) is 0. The number of hydrogen-bond acceptors (Lipinski definition) is 11. The maximum atomic E-state index is 12.2. The third kappa shape index (κ3) is 6.59. The van der Waals surface area contributed by atoms with Crippen molar-refractivity contribution in [1.82, 2.24) is 0 Å². The minimum Gasteiger partial charge on any atom is -0.477 e. The molecule has 0 aromatic rings. The van der Waals surface area contributed by atoms with Crippen molar-refractivity contribution in [3.63, 3.8) is 0 Å². The minimum atomic E-state index is -2.47.